The standard InChI is InChI=1S/C7H14NO2/c1-2-5-10-6-3-4-7(8)9/h1-6H2,(H2,8,9). The van der Waals surface area contributed by atoms with E-state index in [1.165, 1.54) is 0 Å². The fourth-order valence-corrected chi connectivity index (χ4v) is 0.553. The van der Waals surface area contributed by atoms with Crippen molar-refractivity contribution in [3.05, 3.63) is 6.92 Å². The zero-order valence-electron chi connectivity index (χ0n) is 6.14. The lowest BCUT2D eigenvalue weighted by molar-refractivity contribution is -0.118. The Bertz CT molecular complexity index is 93.6. The highest BCUT2D eigenvalue weighted by atomic mass is 16.5. The fraction of sp³-hybridized carbons (Fsp3) is 0.714. The van der Waals surface area contributed by atoms with E-state index < -0.39 is 0 Å². The van der Waals surface area contributed by atoms with Crippen molar-refractivity contribution in [1.82, 2.24) is 0 Å². The summed E-state index contributed by atoms with van der Waals surface area (Å²) < 4.78 is 5.06. The summed E-state index contributed by atoms with van der Waals surface area (Å²) in [7, 11) is 0. The molecule has 0 aromatic carbocycles. The summed E-state index contributed by atoms with van der Waals surface area (Å²) in [5.41, 5.74) is 4.90. The molecule has 0 fully saturated rings. The van der Waals surface area contributed by atoms with Crippen LogP contribution in [0, 0.1) is 6.92 Å². The first kappa shape index (κ1) is 9.43. The molecule has 0 saturated heterocycles. The number of rotatable bonds is 6. The number of ether oxygens (including phenoxy) is 1. The second-order valence-corrected chi connectivity index (χ2v) is 2.04. The molecule has 0 bridgehead atoms. The summed E-state index contributed by atoms with van der Waals surface area (Å²) in [5.74, 6) is -0.266. The van der Waals surface area contributed by atoms with Crippen molar-refractivity contribution in [3.8, 4) is 0 Å². The topological polar surface area (TPSA) is 52.3 Å². The van der Waals surface area contributed by atoms with Gasteiger partial charge in [-0.1, -0.05) is 6.92 Å². The van der Waals surface area contributed by atoms with Gasteiger partial charge in [0.25, 0.3) is 0 Å². The number of nitrogens with two attached hydrogens (primary N) is 1. The minimum absolute atomic E-state index is 0.266. The van der Waals surface area contributed by atoms with E-state index in [2.05, 4.69) is 6.92 Å². The van der Waals surface area contributed by atoms with Crippen molar-refractivity contribution in [2.45, 2.75) is 19.3 Å². The van der Waals surface area contributed by atoms with Crippen LogP contribution < -0.4 is 5.73 Å². The Hall–Kier alpha value is -0.570. The first-order valence-corrected chi connectivity index (χ1v) is 3.42. The van der Waals surface area contributed by atoms with Crippen LogP contribution in [-0.4, -0.2) is 19.1 Å². The van der Waals surface area contributed by atoms with Gasteiger partial charge in [0.15, 0.2) is 0 Å². The lowest BCUT2D eigenvalue weighted by Crippen LogP contribution is -2.11. The maximum atomic E-state index is 10.2. The Morgan fingerprint density at radius 3 is 2.70 bits per heavy atom. The summed E-state index contributed by atoms with van der Waals surface area (Å²) in [6, 6.07) is 0. The number of hydrogen-bond donors (Lipinski definition) is 1. The van der Waals surface area contributed by atoms with Crippen LogP contribution in [0.1, 0.15) is 19.3 Å². The van der Waals surface area contributed by atoms with Gasteiger partial charge >= 0.3 is 0 Å². The highest BCUT2D eigenvalue weighted by molar-refractivity contribution is 5.73. The maximum absolute atomic E-state index is 10.2. The first-order valence-electron chi connectivity index (χ1n) is 3.42. The molecule has 3 heteroatoms. The monoisotopic (exact) mass is 144 g/mol. The Kier molecular flexibility index (Phi) is 6.18. The van der Waals surface area contributed by atoms with Crippen molar-refractivity contribution in [3.63, 3.8) is 0 Å². The molecule has 0 unspecified atom stereocenters. The Balaban J connectivity index is 2.84. The average molecular weight is 144 g/mol. The first-order chi connectivity index (χ1) is 4.77. The maximum Gasteiger partial charge on any atom is 0.217 e. The number of amides is 1. The highest BCUT2D eigenvalue weighted by Gasteiger charge is 1.92. The second-order valence-electron chi connectivity index (χ2n) is 2.04. The SMILES string of the molecule is [CH2]CCOCCCC(N)=O. The van der Waals surface area contributed by atoms with Gasteiger partial charge in [-0.15, -0.1) is 0 Å². The largest absolute Gasteiger partial charge is 0.381 e. The molecular weight excluding hydrogens is 130 g/mol. The molecule has 59 valence electrons. The van der Waals surface area contributed by atoms with Crippen LogP contribution in [0.15, 0.2) is 0 Å². The molecule has 0 atom stereocenters. The highest BCUT2D eigenvalue weighted by Crippen LogP contribution is 1.89. The van der Waals surface area contributed by atoms with Gasteiger partial charge < -0.3 is 10.5 Å². The van der Waals surface area contributed by atoms with Crippen molar-refractivity contribution in [2.75, 3.05) is 13.2 Å². The van der Waals surface area contributed by atoms with Crippen LogP contribution in [0.2, 0.25) is 0 Å². The molecule has 0 aliphatic rings. The number of hydrogen-bond acceptors (Lipinski definition) is 2. The summed E-state index contributed by atoms with van der Waals surface area (Å²) in [6.07, 6.45) is 1.91. The van der Waals surface area contributed by atoms with Crippen LogP contribution in [0.3, 0.4) is 0 Å². The van der Waals surface area contributed by atoms with E-state index in [0.29, 0.717) is 19.6 Å². The van der Waals surface area contributed by atoms with Gasteiger partial charge in [0.1, 0.15) is 0 Å². The van der Waals surface area contributed by atoms with E-state index >= 15 is 0 Å². The molecule has 3 nitrogen and oxygen atoms in total. The smallest absolute Gasteiger partial charge is 0.217 e. The van der Waals surface area contributed by atoms with Crippen LogP contribution in [0.25, 0.3) is 0 Å². The third-order valence-corrected chi connectivity index (χ3v) is 1.00. The zero-order valence-corrected chi connectivity index (χ0v) is 6.14. The van der Waals surface area contributed by atoms with Gasteiger partial charge in [0.05, 0.1) is 0 Å². The molecule has 0 spiro atoms. The van der Waals surface area contributed by atoms with Gasteiger partial charge in [0.2, 0.25) is 5.91 Å². The molecule has 0 saturated carbocycles. The molecular formula is C7H14NO2. The summed E-state index contributed by atoms with van der Waals surface area (Å²) in [6.45, 7) is 4.88. The van der Waals surface area contributed by atoms with Gasteiger partial charge in [-0.3, -0.25) is 4.79 Å². The summed E-state index contributed by atoms with van der Waals surface area (Å²) in [5, 5.41) is 0. The Morgan fingerprint density at radius 1 is 1.50 bits per heavy atom. The second kappa shape index (κ2) is 6.55. The molecule has 1 amide bonds. The van der Waals surface area contributed by atoms with E-state index in [1.807, 2.05) is 0 Å². The van der Waals surface area contributed by atoms with Crippen molar-refractivity contribution < 1.29 is 9.53 Å². The number of carbonyl (C=O) groups is 1. The molecule has 0 rings (SSSR count). The van der Waals surface area contributed by atoms with Crippen LogP contribution >= 0.6 is 0 Å². The van der Waals surface area contributed by atoms with Crippen molar-refractivity contribution in [2.24, 2.45) is 5.73 Å². The van der Waals surface area contributed by atoms with E-state index in [1.54, 1.807) is 0 Å². The average Bonchev–Trinajstić information content (AvgIpc) is 1.87. The fourth-order valence-electron chi connectivity index (χ4n) is 0.553. The third-order valence-electron chi connectivity index (χ3n) is 1.00. The predicted octanol–water partition coefficient (Wildman–Crippen LogP) is 0.493. The van der Waals surface area contributed by atoms with Crippen LogP contribution in [0.5, 0.6) is 0 Å². The third kappa shape index (κ3) is 7.43. The molecule has 0 heterocycles. The normalized spacial score (nSPS) is 9.70. The minimum Gasteiger partial charge on any atom is -0.381 e. The molecule has 0 aromatic rings. The molecule has 10 heavy (non-hydrogen) atoms. The van der Waals surface area contributed by atoms with Crippen molar-refractivity contribution >= 4 is 5.91 Å². The lowest BCUT2D eigenvalue weighted by Gasteiger charge is -1.98. The Morgan fingerprint density at radius 2 is 2.20 bits per heavy atom. The lowest BCUT2D eigenvalue weighted by atomic mass is 10.3. The Labute approximate surface area is 61.5 Å². The van der Waals surface area contributed by atoms with Crippen LogP contribution in [-0.2, 0) is 9.53 Å². The summed E-state index contributed by atoms with van der Waals surface area (Å²) >= 11 is 0. The van der Waals surface area contributed by atoms with Gasteiger partial charge in [0, 0.05) is 19.6 Å². The van der Waals surface area contributed by atoms with Crippen LogP contribution in [0.4, 0.5) is 0 Å². The quantitative estimate of drug-likeness (QED) is 0.552. The zero-order chi connectivity index (χ0) is 7.82. The molecule has 0 aromatic heterocycles. The van der Waals surface area contributed by atoms with Gasteiger partial charge in [-0.05, 0) is 12.8 Å². The number of carbonyl (C=O) groups excluding carboxylic acids is 1. The predicted molar refractivity (Wildman–Crippen MR) is 39.2 cm³/mol. The molecule has 1 radical (unpaired) electrons. The van der Waals surface area contributed by atoms with E-state index in [0.717, 1.165) is 12.8 Å². The summed E-state index contributed by atoms with van der Waals surface area (Å²) in [4.78, 5) is 10.2. The van der Waals surface area contributed by atoms with Gasteiger partial charge in [-0.2, -0.15) is 0 Å². The van der Waals surface area contributed by atoms with E-state index in [4.69, 9.17) is 10.5 Å². The molecule has 0 aliphatic heterocycles. The van der Waals surface area contributed by atoms with E-state index in [-0.39, 0.29) is 5.91 Å². The molecule has 2 N–H and O–H groups in total. The van der Waals surface area contributed by atoms with E-state index in [9.17, 15) is 4.79 Å². The minimum atomic E-state index is -0.266. The van der Waals surface area contributed by atoms with Gasteiger partial charge in [-0.25, -0.2) is 0 Å². The van der Waals surface area contributed by atoms with Crippen molar-refractivity contribution in [1.29, 1.82) is 0 Å². The molecule has 0 aliphatic carbocycles. The number of primary amides is 1.